The smallest absolute Gasteiger partial charge is 0.335 e. The molecule has 1 aliphatic carbocycles. The van der Waals surface area contributed by atoms with Gasteiger partial charge in [-0.2, -0.15) is 13.2 Å². The molecule has 0 aromatic heterocycles. The van der Waals surface area contributed by atoms with Crippen LogP contribution in [0.15, 0.2) is 24.3 Å². The van der Waals surface area contributed by atoms with E-state index in [0.717, 1.165) is 56.2 Å². The molecule has 0 heterocycles. The van der Waals surface area contributed by atoms with E-state index in [1.54, 1.807) is 0 Å². The third kappa shape index (κ3) is 5.82. The molecular formula is C18H25F3N2O. The fraction of sp³-hybridized carbons (Fsp3) is 0.611. The van der Waals surface area contributed by atoms with Crippen molar-refractivity contribution >= 4 is 5.91 Å². The molecule has 1 aromatic carbocycles. The first-order valence-electron chi connectivity index (χ1n) is 8.57. The summed E-state index contributed by atoms with van der Waals surface area (Å²) in [6, 6.07) is 5.35. The number of alkyl halides is 3. The number of carbonyl (C=O) groups excluding carboxylic acids is 1. The van der Waals surface area contributed by atoms with Crippen LogP contribution in [0.3, 0.4) is 0 Å². The number of nitrogens with two attached hydrogens (primary N) is 1. The molecule has 3 nitrogen and oxygen atoms in total. The Morgan fingerprint density at radius 2 is 1.71 bits per heavy atom. The van der Waals surface area contributed by atoms with Gasteiger partial charge in [-0.05, 0) is 49.9 Å². The molecule has 0 aliphatic heterocycles. The topological polar surface area (TPSA) is 46.3 Å². The van der Waals surface area contributed by atoms with Crippen LogP contribution in [0.2, 0.25) is 0 Å². The lowest BCUT2D eigenvalue weighted by molar-refractivity contribution is -0.137. The Labute approximate surface area is 141 Å². The highest BCUT2D eigenvalue weighted by molar-refractivity contribution is 5.76. The fourth-order valence-electron chi connectivity index (χ4n) is 2.72. The number of hydrogen-bond acceptors (Lipinski definition) is 2. The van der Waals surface area contributed by atoms with Crippen LogP contribution in [0.25, 0.3) is 0 Å². The monoisotopic (exact) mass is 342 g/mol. The molecule has 6 heteroatoms. The predicted molar refractivity (Wildman–Crippen MR) is 87.2 cm³/mol. The number of hydrogen-bond donors (Lipinski definition) is 1. The number of nitrogens with zero attached hydrogens (tertiary/aromatic N) is 1. The molecule has 2 N–H and O–H groups in total. The van der Waals surface area contributed by atoms with Gasteiger partial charge in [0.25, 0.3) is 0 Å². The van der Waals surface area contributed by atoms with Crippen molar-refractivity contribution in [2.24, 2.45) is 5.73 Å². The van der Waals surface area contributed by atoms with Crippen molar-refractivity contribution in [3.05, 3.63) is 35.4 Å². The van der Waals surface area contributed by atoms with E-state index >= 15 is 0 Å². The SMILES string of the molecule is NCCCCCCC(=O)N(Cc1ccc(C(F)(F)F)cc1)C1CC1. The predicted octanol–water partition coefficient (Wildman–Crippen LogP) is 4.11. The molecule has 0 spiro atoms. The Bertz CT molecular complexity index is 524. The highest BCUT2D eigenvalue weighted by Crippen LogP contribution is 2.31. The van der Waals surface area contributed by atoms with Gasteiger partial charge in [-0.15, -0.1) is 0 Å². The van der Waals surface area contributed by atoms with Gasteiger partial charge in [0.1, 0.15) is 0 Å². The van der Waals surface area contributed by atoms with Crippen LogP contribution in [-0.4, -0.2) is 23.4 Å². The van der Waals surface area contributed by atoms with Crippen molar-refractivity contribution in [1.29, 1.82) is 0 Å². The van der Waals surface area contributed by atoms with Gasteiger partial charge in [-0.3, -0.25) is 4.79 Å². The summed E-state index contributed by atoms with van der Waals surface area (Å²) >= 11 is 0. The third-order valence-corrected chi connectivity index (χ3v) is 4.29. The van der Waals surface area contributed by atoms with Crippen molar-refractivity contribution in [1.82, 2.24) is 4.90 Å². The lowest BCUT2D eigenvalue weighted by Crippen LogP contribution is -2.32. The third-order valence-electron chi connectivity index (χ3n) is 4.29. The lowest BCUT2D eigenvalue weighted by atomic mass is 10.1. The summed E-state index contributed by atoms with van der Waals surface area (Å²) in [5.41, 5.74) is 5.53. The summed E-state index contributed by atoms with van der Waals surface area (Å²) in [5.74, 6) is 0.102. The Balaban J connectivity index is 1.88. The van der Waals surface area contributed by atoms with E-state index < -0.39 is 11.7 Å². The average Bonchev–Trinajstić information content (AvgIpc) is 3.36. The molecule has 1 fully saturated rings. The zero-order valence-electron chi connectivity index (χ0n) is 13.8. The van der Waals surface area contributed by atoms with Gasteiger partial charge >= 0.3 is 6.18 Å². The van der Waals surface area contributed by atoms with Crippen LogP contribution in [0.4, 0.5) is 13.2 Å². The normalized spacial score (nSPS) is 14.7. The molecule has 1 saturated carbocycles. The Morgan fingerprint density at radius 3 is 2.25 bits per heavy atom. The maximum atomic E-state index is 12.6. The van der Waals surface area contributed by atoms with Crippen LogP contribution in [0.5, 0.6) is 0 Å². The van der Waals surface area contributed by atoms with E-state index in [-0.39, 0.29) is 11.9 Å². The summed E-state index contributed by atoms with van der Waals surface area (Å²) in [7, 11) is 0. The van der Waals surface area contributed by atoms with Crippen molar-refractivity contribution in [2.75, 3.05) is 6.54 Å². The first-order chi connectivity index (χ1) is 11.4. The molecule has 0 bridgehead atoms. The van der Waals surface area contributed by atoms with Crippen LogP contribution in [0.1, 0.15) is 56.1 Å². The quantitative estimate of drug-likeness (QED) is 0.687. The van der Waals surface area contributed by atoms with E-state index in [1.807, 2.05) is 4.90 Å². The Hall–Kier alpha value is -1.56. The van der Waals surface area contributed by atoms with E-state index in [2.05, 4.69) is 0 Å². The van der Waals surface area contributed by atoms with Gasteiger partial charge in [0.15, 0.2) is 0 Å². The van der Waals surface area contributed by atoms with Crippen LogP contribution >= 0.6 is 0 Å². The number of unbranched alkanes of at least 4 members (excludes halogenated alkanes) is 3. The van der Waals surface area contributed by atoms with Crippen LogP contribution < -0.4 is 5.73 Å². The van der Waals surface area contributed by atoms with E-state index in [4.69, 9.17) is 5.73 Å². The number of carbonyl (C=O) groups is 1. The van der Waals surface area contributed by atoms with Crippen molar-refractivity contribution in [3.8, 4) is 0 Å². The maximum absolute atomic E-state index is 12.6. The Morgan fingerprint density at radius 1 is 1.08 bits per heavy atom. The average molecular weight is 342 g/mol. The van der Waals surface area contributed by atoms with Crippen molar-refractivity contribution < 1.29 is 18.0 Å². The highest BCUT2D eigenvalue weighted by atomic mass is 19.4. The second-order valence-corrected chi connectivity index (χ2v) is 6.40. The minimum atomic E-state index is -4.33. The molecule has 0 atom stereocenters. The van der Waals surface area contributed by atoms with Gasteiger partial charge in [0.05, 0.1) is 5.56 Å². The minimum absolute atomic E-state index is 0.102. The lowest BCUT2D eigenvalue weighted by Gasteiger charge is -2.23. The highest BCUT2D eigenvalue weighted by Gasteiger charge is 2.33. The standard InChI is InChI=1S/C18H25F3N2O/c19-18(20,21)15-8-6-14(7-9-15)13-23(16-10-11-16)17(24)5-3-1-2-4-12-22/h6-9,16H,1-5,10-13,22H2. The summed E-state index contributed by atoms with van der Waals surface area (Å²) < 4.78 is 37.8. The molecule has 1 aromatic rings. The molecule has 0 unspecified atom stereocenters. The number of halogens is 3. The summed E-state index contributed by atoms with van der Waals surface area (Å²) in [6.07, 6.45) is 1.99. The number of rotatable bonds is 9. The molecule has 0 saturated heterocycles. The number of benzene rings is 1. The molecule has 134 valence electrons. The molecule has 2 rings (SSSR count). The van der Waals surface area contributed by atoms with Crippen molar-refractivity contribution in [2.45, 2.75) is 63.7 Å². The van der Waals surface area contributed by atoms with Gasteiger partial charge in [-0.25, -0.2) is 0 Å². The Kier molecular flexibility index (Phi) is 6.66. The maximum Gasteiger partial charge on any atom is 0.416 e. The van der Waals surface area contributed by atoms with E-state index in [0.29, 0.717) is 19.5 Å². The summed E-state index contributed by atoms with van der Waals surface area (Å²) in [6.45, 7) is 1.07. The van der Waals surface area contributed by atoms with Crippen LogP contribution in [0, 0.1) is 0 Å². The fourth-order valence-corrected chi connectivity index (χ4v) is 2.72. The molecule has 1 aliphatic rings. The van der Waals surface area contributed by atoms with E-state index in [1.165, 1.54) is 12.1 Å². The molecule has 0 radical (unpaired) electrons. The summed E-state index contributed by atoms with van der Waals surface area (Å²) in [4.78, 5) is 14.2. The van der Waals surface area contributed by atoms with Gasteiger partial charge < -0.3 is 10.6 Å². The zero-order valence-corrected chi connectivity index (χ0v) is 13.8. The number of amides is 1. The first kappa shape index (κ1) is 18.8. The second kappa shape index (κ2) is 8.51. The van der Waals surface area contributed by atoms with Crippen molar-refractivity contribution in [3.63, 3.8) is 0 Å². The summed E-state index contributed by atoms with van der Waals surface area (Å²) in [5, 5.41) is 0. The second-order valence-electron chi connectivity index (χ2n) is 6.40. The molecule has 1 amide bonds. The van der Waals surface area contributed by atoms with Gasteiger partial charge in [0, 0.05) is 19.0 Å². The molecule has 24 heavy (non-hydrogen) atoms. The first-order valence-corrected chi connectivity index (χ1v) is 8.57. The van der Waals surface area contributed by atoms with Gasteiger partial charge in [0.2, 0.25) is 5.91 Å². The zero-order chi connectivity index (χ0) is 17.6. The minimum Gasteiger partial charge on any atom is -0.335 e. The van der Waals surface area contributed by atoms with E-state index in [9.17, 15) is 18.0 Å². The van der Waals surface area contributed by atoms with Crippen LogP contribution in [-0.2, 0) is 17.5 Å². The largest absolute Gasteiger partial charge is 0.416 e. The molecular weight excluding hydrogens is 317 g/mol. The van der Waals surface area contributed by atoms with Gasteiger partial charge in [-0.1, -0.05) is 25.0 Å².